The highest BCUT2D eigenvalue weighted by atomic mass is 32.2. The highest BCUT2D eigenvalue weighted by Crippen LogP contribution is 2.20. The molecular formula is C15H20N2O2S2. The molecule has 1 aromatic heterocycles. The maximum Gasteiger partial charge on any atom is 0.241 e. The van der Waals surface area contributed by atoms with Gasteiger partial charge in [-0.25, -0.2) is 13.1 Å². The summed E-state index contributed by atoms with van der Waals surface area (Å²) >= 11 is 1.56. The summed E-state index contributed by atoms with van der Waals surface area (Å²) in [6.45, 7) is 4.80. The molecule has 0 saturated heterocycles. The van der Waals surface area contributed by atoms with Crippen LogP contribution in [0.2, 0.25) is 0 Å². The lowest BCUT2D eigenvalue weighted by atomic mass is 10.2. The Bertz CT molecular complexity index is 649. The molecule has 21 heavy (non-hydrogen) atoms. The van der Waals surface area contributed by atoms with Gasteiger partial charge in [0.15, 0.2) is 0 Å². The molecule has 0 spiro atoms. The van der Waals surface area contributed by atoms with E-state index < -0.39 is 10.0 Å². The normalized spacial score (nSPS) is 13.0. The summed E-state index contributed by atoms with van der Waals surface area (Å²) in [5.41, 5.74) is 1.91. The quantitative estimate of drug-likeness (QED) is 0.818. The molecule has 114 valence electrons. The molecule has 2 aromatic rings. The predicted octanol–water partition coefficient (Wildman–Crippen LogP) is 3.61. The van der Waals surface area contributed by atoms with E-state index in [1.54, 1.807) is 35.6 Å². The average Bonchev–Trinajstić information content (AvgIpc) is 2.99. The number of nitrogens with one attached hydrogen (secondary N) is 2. The molecule has 0 aliphatic carbocycles. The van der Waals surface area contributed by atoms with Gasteiger partial charge in [0, 0.05) is 18.3 Å². The minimum Gasteiger partial charge on any atom is -0.385 e. The summed E-state index contributed by atoms with van der Waals surface area (Å²) in [6.07, 6.45) is 1.03. The summed E-state index contributed by atoms with van der Waals surface area (Å²) in [6, 6.07) is 8.52. The molecule has 0 fully saturated rings. The molecule has 1 aromatic carbocycles. The van der Waals surface area contributed by atoms with Crippen LogP contribution in [0.1, 0.15) is 31.9 Å². The SMILES string of the molecule is CCCNc1ccc(S(=O)(=O)NC(C)c2ccsc2)cc1. The van der Waals surface area contributed by atoms with Crippen molar-refractivity contribution in [2.24, 2.45) is 0 Å². The molecule has 1 heterocycles. The van der Waals surface area contributed by atoms with Crippen LogP contribution < -0.4 is 10.0 Å². The third-order valence-electron chi connectivity index (χ3n) is 3.12. The zero-order valence-corrected chi connectivity index (χ0v) is 13.8. The molecule has 0 radical (unpaired) electrons. The molecule has 0 amide bonds. The number of hydrogen-bond donors (Lipinski definition) is 2. The molecular weight excluding hydrogens is 304 g/mol. The topological polar surface area (TPSA) is 58.2 Å². The van der Waals surface area contributed by atoms with Gasteiger partial charge in [-0.2, -0.15) is 11.3 Å². The number of benzene rings is 1. The first-order valence-corrected chi connectivity index (χ1v) is 9.34. The molecule has 2 rings (SSSR count). The molecule has 6 heteroatoms. The predicted molar refractivity (Wildman–Crippen MR) is 88.3 cm³/mol. The number of anilines is 1. The smallest absolute Gasteiger partial charge is 0.241 e. The molecule has 0 saturated carbocycles. The molecule has 0 bridgehead atoms. The van der Waals surface area contributed by atoms with Crippen LogP contribution >= 0.6 is 11.3 Å². The Morgan fingerprint density at radius 3 is 2.48 bits per heavy atom. The zero-order valence-electron chi connectivity index (χ0n) is 12.2. The highest BCUT2D eigenvalue weighted by molar-refractivity contribution is 7.89. The van der Waals surface area contributed by atoms with Crippen molar-refractivity contribution in [2.75, 3.05) is 11.9 Å². The Morgan fingerprint density at radius 2 is 1.90 bits per heavy atom. The van der Waals surface area contributed by atoms with Gasteiger partial charge < -0.3 is 5.32 Å². The maximum atomic E-state index is 12.3. The Hall–Kier alpha value is -1.37. The minimum atomic E-state index is -3.50. The van der Waals surface area contributed by atoms with Gasteiger partial charge in [-0.1, -0.05) is 6.92 Å². The molecule has 2 N–H and O–H groups in total. The van der Waals surface area contributed by atoms with Gasteiger partial charge in [-0.3, -0.25) is 0 Å². The largest absolute Gasteiger partial charge is 0.385 e. The van der Waals surface area contributed by atoms with E-state index in [1.165, 1.54) is 0 Å². The first-order chi connectivity index (χ1) is 10.0. The maximum absolute atomic E-state index is 12.3. The van der Waals surface area contributed by atoms with Gasteiger partial charge in [0.25, 0.3) is 0 Å². The van der Waals surface area contributed by atoms with E-state index in [-0.39, 0.29) is 10.9 Å². The van der Waals surface area contributed by atoms with E-state index in [2.05, 4.69) is 17.0 Å². The van der Waals surface area contributed by atoms with Crippen LogP contribution in [0.4, 0.5) is 5.69 Å². The van der Waals surface area contributed by atoms with Crippen LogP contribution in [0.5, 0.6) is 0 Å². The average molecular weight is 324 g/mol. The fourth-order valence-corrected chi connectivity index (χ4v) is 3.90. The number of thiophene rings is 1. The van der Waals surface area contributed by atoms with Gasteiger partial charge >= 0.3 is 0 Å². The van der Waals surface area contributed by atoms with E-state index in [1.807, 2.05) is 23.8 Å². The first-order valence-electron chi connectivity index (χ1n) is 6.91. The van der Waals surface area contributed by atoms with Crippen molar-refractivity contribution in [2.45, 2.75) is 31.2 Å². The van der Waals surface area contributed by atoms with Crippen molar-refractivity contribution >= 4 is 27.0 Å². The second kappa shape index (κ2) is 7.06. The second-order valence-electron chi connectivity index (χ2n) is 4.85. The van der Waals surface area contributed by atoms with Crippen molar-refractivity contribution in [3.8, 4) is 0 Å². The van der Waals surface area contributed by atoms with Gasteiger partial charge in [0.05, 0.1) is 4.90 Å². The van der Waals surface area contributed by atoms with Crippen molar-refractivity contribution in [1.29, 1.82) is 0 Å². The number of rotatable bonds is 7. The van der Waals surface area contributed by atoms with Crippen molar-refractivity contribution in [1.82, 2.24) is 4.72 Å². The van der Waals surface area contributed by atoms with E-state index >= 15 is 0 Å². The molecule has 1 unspecified atom stereocenters. The van der Waals surface area contributed by atoms with Crippen LogP contribution in [0.15, 0.2) is 46.0 Å². The Labute approximate surface area is 130 Å². The monoisotopic (exact) mass is 324 g/mol. The third-order valence-corrected chi connectivity index (χ3v) is 5.38. The third kappa shape index (κ3) is 4.30. The zero-order chi connectivity index (χ0) is 15.3. The minimum absolute atomic E-state index is 0.237. The summed E-state index contributed by atoms with van der Waals surface area (Å²) in [5.74, 6) is 0. The fourth-order valence-electron chi connectivity index (χ4n) is 1.91. The van der Waals surface area contributed by atoms with Gasteiger partial charge in [0.1, 0.15) is 0 Å². The van der Waals surface area contributed by atoms with E-state index in [0.717, 1.165) is 24.2 Å². The number of sulfonamides is 1. The molecule has 0 aliphatic rings. The first kappa shape index (κ1) is 16.0. The van der Waals surface area contributed by atoms with Crippen LogP contribution in [0, 0.1) is 0 Å². The van der Waals surface area contributed by atoms with Crippen LogP contribution in [-0.4, -0.2) is 15.0 Å². The summed E-state index contributed by atoms with van der Waals surface area (Å²) in [4.78, 5) is 0.284. The standard InChI is InChI=1S/C15H20N2O2S2/c1-3-9-16-14-4-6-15(7-5-14)21(18,19)17-12(2)13-8-10-20-11-13/h4-8,10-12,16-17H,3,9H2,1-2H3. The van der Waals surface area contributed by atoms with E-state index in [0.29, 0.717) is 0 Å². The second-order valence-corrected chi connectivity index (χ2v) is 7.34. The summed E-state index contributed by atoms with van der Waals surface area (Å²) in [7, 11) is -3.50. The molecule has 4 nitrogen and oxygen atoms in total. The van der Waals surface area contributed by atoms with Gasteiger partial charge in [0.2, 0.25) is 10.0 Å². The van der Waals surface area contributed by atoms with Crippen LogP contribution in [-0.2, 0) is 10.0 Å². The lowest BCUT2D eigenvalue weighted by Gasteiger charge is -2.13. The Morgan fingerprint density at radius 1 is 1.19 bits per heavy atom. The van der Waals surface area contributed by atoms with Crippen LogP contribution in [0.3, 0.4) is 0 Å². The molecule has 1 atom stereocenters. The highest BCUT2D eigenvalue weighted by Gasteiger charge is 2.18. The van der Waals surface area contributed by atoms with Gasteiger partial charge in [-0.05, 0) is 60.0 Å². The van der Waals surface area contributed by atoms with Crippen LogP contribution in [0.25, 0.3) is 0 Å². The fraction of sp³-hybridized carbons (Fsp3) is 0.333. The lowest BCUT2D eigenvalue weighted by Crippen LogP contribution is -2.26. The van der Waals surface area contributed by atoms with Gasteiger partial charge in [-0.15, -0.1) is 0 Å². The van der Waals surface area contributed by atoms with Crippen molar-refractivity contribution < 1.29 is 8.42 Å². The van der Waals surface area contributed by atoms with E-state index in [4.69, 9.17) is 0 Å². The van der Waals surface area contributed by atoms with Crippen molar-refractivity contribution in [3.63, 3.8) is 0 Å². The Balaban J connectivity index is 2.08. The summed E-state index contributed by atoms with van der Waals surface area (Å²) in [5, 5.41) is 7.11. The lowest BCUT2D eigenvalue weighted by molar-refractivity contribution is 0.567. The number of hydrogen-bond acceptors (Lipinski definition) is 4. The Kier molecular flexibility index (Phi) is 5.39. The molecule has 0 aliphatic heterocycles. The summed E-state index contributed by atoms with van der Waals surface area (Å²) < 4.78 is 27.4. The van der Waals surface area contributed by atoms with Crippen molar-refractivity contribution in [3.05, 3.63) is 46.7 Å². The van der Waals surface area contributed by atoms with E-state index in [9.17, 15) is 8.42 Å².